The van der Waals surface area contributed by atoms with Crippen molar-refractivity contribution >= 4 is 22.4 Å². The van der Waals surface area contributed by atoms with Gasteiger partial charge in [-0.25, -0.2) is 0 Å². The van der Waals surface area contributed by atoms with E-state index >= 15 is 0 Å². The van der Waals surface area contributed by atoms with Crippen LogP contribution in [0.2, 0.25) is 0 Å². The van der Waals surface area contributed by atoms with Crippen LogP contribution in [0.25, 0.3) is 10.8 Å². The molecule has 5 nitrogen and oxygen atoms in total. The second-order valence-corrected chi connectivity index (χ2v) is 7.25. The average molecular weight is 390 g/mol. The molecule has 4 rings (SSSR count). The van der Waals surface area contributed by atoms with E-state index in [4.69, 9.17) is 9.47 Å². The summed E-state index contributed by atoms with van der Waals surface area (Å²) in [5.41, 5.74) is 1.15. The number of carbonyl (C=O) groups excluding carboxylic acids is 1. The third kappa shape index (κ3) is 4.14. The van der Waals surface area contributed by atoms with E-state index in [1.54, 1.807) is 7.11 Å². The van der Waals surface area contributed by atoms with Gasteiger partial charge in [-0.1, -0.05) is 36.4 Å². The number of benzene rings is 3. The largest absolute Gasteiger partial charge is 0.497 e. The van der Waals surface area contributed by atoms with Gasteiger partial charge < -0.3 is 19.3 Å². The lowest BCUT2D eigenvalue weighted by atomic mass is 10.1. The van der Waals surface area contributed by atoms with Crippen LogP contribution in [0.1, 0.15) is 6.92 Å². The van der Waals surface area contributed by atoms with E-state index in [1.165, 1.54) is 0 Å². The Morgan fingerprint density at radius 2 is 1.59 bits per heavy atom. The number of hydrogen-bond donors (Lipinski definition) is 0. The average Bonchev–Trinajstić information content (AvgIpc) is 2.79. The summed E-state index contributed by atoms with van der Waals surface area (Å²) in [5.74, 6) is 1.63. The normalized spacial score (nSPS) is 15.2. The topological polar surface area (TPSA) is 42.0 Å². The molecular formula is C24H26N2O3. The summed E-state index contributed by atoms with van der Waals surface area (Å²) >= 11 is 0. The van der Waals surface area contributed by atoms with Crippen molar-refractivity contribution in [2.24, 2.45) is 0 Å². The molecule has 5 heteroatoms. The Hall–Kier alpha value is -3.21. The van der Waals surface area contributed by atoms with Gasteiger partial charge in [-0.05, 0) is 42.6 Å². The van der Waals surface area contributed by atoms with Gasteiger partial charge in [0, 0.05) is 37.3 Å². The van der Waals surface area contributed by atoms with Gasteiger partial charge >= 0.3 is 0 Å². The number of methoxy groups -OCH3 is 1. The van der Waals surface area contributed by atoms with Crippen LogP contribution in [-0.2, 0) is 4.79 Å². The van der Waals surface area contributed by atoms with Gasteiger partial charge in [0.2, 0.25) is 0 Å². The van der Waals surface area contributed by atoms with Crippen molar-refractivity contribution < 1.29 is 14.3 Å². The van der Waals surface area contributed by atoms with E-state index in [0.717, 1.165) is 41.0 Å². The summed E-state index contributed by atoms with van der Waals surface area (Å²) in [4.78, 5) is 17.1. The highest BCUT2D eigenvalue weighted by Crippen LogP contribution is 2.26. The molecule has 3 aromatic rings. The minimum Gasteiger partial charge on any atom is -0.497 e. The molecule has 0 bridgehead atoms. The molecule has 1 heterocycles. The minimum absolute atomic E-state index is 0.0346. The quantitative estimate of drug-likeness (QED) is 0.661. The van der Waals surface area contributed by atoms with Crippen molar-refractivity contribution in [1.29, 1.82) is 0 Å². The molecule has 1 atom stereocenters. The molecule has 0 aliphatic carbocycles. The van der Waals surface area contributed by atoms with Crippen molar-refractivity contribution in [1.82, 2.24) is 4.90 Å². The number of nitrogens with zero attached hydrogens (tertiary/aromatic N) is 2. The fourth-order valence-electron chi connectivity index (χ4n) is 3.77. The molecular weight excluding hydrogens is 364 g/mol. The van der Waals surface area contributed by atoms with Crippen LogP contribution in [-0.4, -0.2) is 50.2 Å². The third-order valence-electron chi connectivity index (χ3n) is 5.43. The van der Waals surface area contributed by atoms with Gasteiger partial charge in [-0.15, -0.1) is 0 Å². The third-order valence-corrected chi connectivity index (χ3v) is 5.43. The molecule has 29 heavy (non-hydrogen) atoms. The highest BCUT2D eigenvalue weighted by atomic mass is 16.5. The molecule has 150 valence electrons. The highest BCUT2D eigenvalue weighted by molar-refractivity contribution is 5.89. The molecule has 0 radical (unpaired) electrons. The Morgan fingerprint density at radius 3 is 2.31 bits per heavy atom. The summed E-state index contributed by atoms with van der Waals surface area (Å²) in [5, 5.41) is 2.14. The Morgan fingerprint density at radius 1 is 0.897 bits per heavy atom. The predicted octanol–water partition coefficient (Wildman–Crippen LogP) is 3.96. The van der Waals surface area contributed by atoms with Crippen LogP contribution in [0.5, 0.6) is 11.5 Å². The second-order valence-electron chi connectivity index (χ2n) is 7.25. The highest BCUT2D eigenvalue weighted by Gasteiger charge is 2.26. The lowest BCUT2D eigenvalue weighted by Gasteiger charge is -2.37. The monoisotopic (exact) mass is 390 g/mol. The second kappa shape index (κ2) is 8.43. The molecule has 0 N–H and O–H groups in total. The molecule has 1 amide bonds. The Labute approximate surface area is 171 Å². The zero-order valence-electron chi connectivity index (χ0n) is 16.9. The number of amides is 1. The fourth-order valence-corrected chi connectivity index (χ4v) is 3.77. The number of ether oxygens (including phenoxy) is 2. The van der Waals surface area contributed by atoms with Gasteiger partial charge in [0.25, 0.3) is 5.91 Å². The summed E-state index contributed by atoms with van der Waals surface area (Å²) in [6.45, 7) is 4.82. The van der Waals surface area contributed by atoms with E-state index in [9.17, 15) is 4.79 Å². The maximum absolute atomic E-state index is 12.9. The minimum atomic E-state index is -0.520. The van der Waals surface area contributed by atoms with Gasteiger partial charge in [0.05, 0.1) is 7.11 Å². The first-order chi connectivity index (χ1) is 14.2. The van der Waals surface area contributed by atoms with E-state index in [0.29, 0.717) is 13.1 Å². The van der Waals surface area contributed by atoms with Crippen LogP contribution < -0.4 is 14.4 Å². The SMILES string of the molecule is COc1ccc(N2CCN(C(=O)[C@H](C)Oc3cccc4ccccc34)CC2)cc1. The zero-order valence-corrected chi connectivity index (χ0v) is 16.9. The molecule has 1 aliphatic heterocycles. The molecule has 0 aromatic heterocycles. The number of carbonyl (C=O) groups is 1. The first-order valence-electron chi connectivity index (χ1n) is 9.98. The molecule has 0 saturated carbocycles. The standard InChI is InChI=1S/C24H26N2O3/c1-18(29-23-9-5-7-19-6-3-4-8-22(19)23)24(27)26-16-14-25(15-17-26)20-10-12-21(28-2)13-11-20/h3-13,18H,14-17H2,1-2H3/t18-/m0/s1. The molecule has 1 saturated heterocycles. The summed E-state index contributed by atoms with van der Waals surface area (Å²) in [6, 6.07) is 22.0. The first kappa shape index (κ1) is 19.1. The van der Waals surface area contributed by atoms with Crippen molar-refractivity contribution in [3.63, 3.8) is 0 Å². The molecule has 3 aromatic carbocycles. The number of anilines is 1. The molecule has 0 spiro atoms. The van der Waals surface area contributed by atoms with E-state index in [-0.39, 0.29) is 5.91 Å². The van der Waals surface area contributed by atoms with E-state index < -0.39 is 6.10 Å². The smallest absolute Gasteiger partial charge is 0.263 e. The maximum atomic E-state index is 12.9. The van der Waals surface area contributed by atoms with E-state index in [2.05, 4.69) is 17.0 Å². The maximum Gasteiger partial charge on any atom is 0.263 e. The van der Waals surface area contributed by atoms with Crippen LogP contribution in [0.3, 0.4) is 0 Å². The number of hydrogen-bond acceptors (Lipinski definition) is 4. The molecule has 0 unspecified atom stereocenters. The van der Waals surface area contributed by atoms with Gasteiger partial charge in [0.15, 0.2) is 6.10 Å². The number of rotatable bonds is 5. The molecule has 1 aliphatic rings. The van der Waals surface area contributed by atoms with Gasteiger partial charge in [-0.2, -0.15) is 0 Å². The number of piperazine rings is 1. The van der Waals surface area contributed by atoms with Gasteiger partial charge in [-0.3, -0.25) is 4.79 Å². The summed E-state index contributed by atoms with van der Waals surface area (Å²) < 4.78 is 11.3. The van der Waals surface area contributed by atoms with Crippen LogP contribution in [0.4, 0.5) is 5.69 Å². The molecule has 1 fully saturated rings. The lowest BCUT2D eigenvalue weighted by Crippen LogP contribution is -2.52. The predicted molar refractivity (Wildman–Crippen MR) is 116 cm³/mol. The Kier molecular flexibility index (Phi) is 5.56. The summed E-state index contributed by atoms with van der Waals surface area (Å²) in [7, 11) is 1.67. The van der Waals surface area contributed by atoms with Crippen LogP contribution >= 0.6 is 0 Å². The number of fused-ring (bicyclic) bond motifs is 1. The zero-order chi connectivity index (χ0) is 20.2. The van der Waals surface area contributed by atoms with Crippen molar-refractivity contribution in [2.45, 2.75) is 13.0 Å². The van der Waals surface area contributed by atoms with E-state index in [1.807, 2.05) is 66.4 Å². The van der Waals surface area contributed by atoms with Crippen molar-refractivity contribution in [3.05, 3.63) is 66.7 Å². The van der Waals surface area contributed by atoms with Crippen molar-refractivity contribution in [3.8, 4) is 11.5 Å². The summed E-state index contributed by atoms with van der Waals surface area (Å²) in [6.07, 6.45) is -0.520. The van der Waals surface area contributed by atoms with Crippen LogP contribution in [0, 0.1) is 0 Å². The van der Waals surface area contributed by atoms with Crippen LogP contribution in [0.15, 0.2) is 66.7 Å². The Bertz CT molecular complexity index is 974. The van der Waals surface area contributed by atoms with Gasteiger partial charge in [0.1, 0.15) is 11.5 Å². The first-order valence-corrected chi connectivity index (χ1v) is 9.98. The lowest BCUT2D eigenvalue weighted by molar-refractivity contribution is -0.138. The fraction of sp³-hybridized carbons (Fsp3) is 0.292. The van der Waals surface area contributed by atoms with Crippen molar-refractivity contribution in [2.75, 3.05) is 38.2 Å². The Balaban J connectivity index is 1.37.